The minimum absolute atomic E-state index is 0.160. The fraction of sp³-hybridized carbons (Fsp3) is 0.120. The van der Waals surface area contributed by atoms with Crippen molar-refractivity contribution in [1.82, 2.24) is 15.0 Å². The number of nitrogens with zero attached hydrogens (tertiary/aromatic N) is 4. The number of pyridine rings is 1. The number of aromatic nitrogens is 3. The highest BCUT2D eigenvalue weighted by molar-refractivity contribution is 6.00. The molecule has 0 spiro atoms. The molecule has 0 bridgehead atoms. The van der Waals surface area contributed by atoms with E-state index in [2.05, 4.69) is 32.4 Å². The predicted molar refractivity (Wildman–Crippen MR) is 126 cm³/mol. The van der Waals surface area contributed by atoms with E-state index in [0.29, 0.717) is 27.8 Å². The number of hydrogen-bond acceptors (Lipinski definition) is 6. The third kappa shape index (κ3) is 3.98. The summed E-state index contributed by atoms with van der Waals surface area (Å²) in [6.45, 7) is 5.96. The average Bonchev–Trinajstić information content (AvgIpc) is 2.75. The van der Waals surface area contributed by atoms with Crippen LogP contribution in [0.3, 0.4) is 0 Å². The number of nitrogens with two attached hydrogens (primary N) is 1. The lowest BCUT2D eigenvalue weighted by Gasteiger charge is -2.15. The van der Waals surface area contributed by atoms with E-state index in [0.717, 1.165) is 22.3 Å². The first kappa shape index (κ1) is 20.9. The quantitative estimate of drug-likeness (QED) is 0.437. The SMILES string of the molecule is C/C=C/c1cc(C)c(-c2cc(F)cc3c(N)nc(Nc4ccc(C#N)cn4)nc23)c(C)c1. The summed E-state index contributed by atoms with van der Waals surface area (Å²) in [4.78, 5) is 13.1. The number of aryl methyl sites for hydroxylation is 2. The molecule has 2 aromatic heterocycles. The van der Waals surface area contributed by atoms with E-state index >= 15 is 0 Å². The van der Waals surface area contributed by atoms with Crippen molar-refractivity contribution in [1.29, 1.82) is 5.26 Å². The summed E-state index contributed by atoms with van der Waals surface area (Å²) < 4.78 is 14.6. The van der Waals surface area contributed by atoms with Gasteiger partial charge in [-0.1, -0.05) is 24.3 Å². The fourth-order valence-electron chi connectivity index (χ4n) is 3.83. The summed E-state index contributed by atoms with van der Waals surface area (Å²) in [6.07, 6.45) is 5.46. The first-order chi connectivity index (χ1) is 15.4. The molecule has 2 aromatic carbocycles. The maximum atomic E-state index is 14.6. The van der Waals surface area contributed by atoms with Crippen LogP contribution in [0, 0.1) is 31.0 Å². The Morgan fingerprint density at radius 1 is 1.09 bits per heavy atom. The number of halogens is 1. The molecule has 0 radical (unpaired) electrons. The van der Waals surface area contributed by atoms with Crippen LogP contribution in [0.15, 0.2) is 48.7 Å². The van der Waals surface area contributed by atoms with E-state index in [1.54, 1.807) is 12.1 Å². The zero-order valence-corrected chi connectivity index (χ0v) is 17.9. The predicted octanol–water partition coefficient (Wildman–Crippen LogP) is 5.68. The second-order valence-electron chi connectivity index (χ2n) is 7.48. The normalized spacial score (nSPS) is 11.1. The molecule has 158 valence electrons. The van der Waals surface area contributed by atoms with Gasteiger partial charge in [0.2, 0.25) is 5.95 Å². The van der Waals surface area contributed by atoms with Gasteiger partial charge in [0.15, 0.2) is 0 Å². The Labute approximate surface area is 185 Å². The lowest BCUT2D eigenvalue weighted by molar-refractivity contribution is 0.630. The van der Waals surface area contributed by atoms with Crippen molar-refractivity contribution in [3.05, 3.63) is 76.7 Å². The molecule has 2 heterocycles. The van der Waals surface area contributed by atoms with Gasteiger partial charge in [-0.15, -0.1) is 0 Å². The maximum Gasteiger partial charge on any atom is 0.230 e. The van der Waals surface area contributed by atoms with Gasteiger partial charge in [-0.2, -0.15) is 10.2 Å². The Kier molecular flexibility index (Phi) is 5.52. The van der Waals surface area contributed by atoms with Gasteiger partial charge < -0.3 is 11.1 Å². The molecule has 0 aliphatic heterocycles. The van der Waals surface area contributed by atoms with Crippen LogP contribution in [-0.4, -0.2) is 15.0 Å². The van der Waals surface area contributed by atoms with Gasteiger partial charge in [0, 0.05) is 17.1 Å². The number of fused-ring (bicyclic) bond motifs is 1. The Morgan fingerprint density at radius 3 is 2.47 bits per heavy atom. The molecular formula is C25H21FN6. The summed E-state index contributed by atoms with van der Waals surface area (Å²) in [6, 6.07) is 12.3. The molecular weight excluding hydrogens is 403 g/mol. The second kappa shape index (κ2) is 8.44. The van der Waals surface area contributed by atoms with E-state index in [4.69, 9.17) is 11.0 Å². The molecule has 0 saturated heterocycles. The number of nitrogen functional groups attached to an aromatic ring is 1. The van der Waals surface area contributed by atoms with Crippen LogP contribution < -0.4 is 11.1 Å². The molecule has 6 nitrogen and oxygen atoms in total. The zero-order valence-electron chi connectivity index (χ0n) is 17.9. The number of rotatable bonds is 4. The van der Waals surface area contributed by atoms with E-state index in [1.165, 1.54) is 18.3 Å². The van der Waals surface area contributed by atoms with Crippen molar-refractivity contribution in [2.75, 3.05) is 11.1 Å². The van der Waals surface area contributed by atoms with Crippen molar-refractivity contribution >= 4 is 34.6 Å². The zero-order chi connectivity index (χ0) is 22.8. The highest BCUT2D eigenvalue weighted by Crippen LogP contribution is 2.36. The standard InChI is InChI=1S/C25H21FN6/c1-4-5-16-8-14(2)22(15(3)9-16)19-10-18(26)11-20-23(19)31-25(32-24(20)28)30-21-7-6-17(12-27)13-29-21/h4-11,13H,1-3H3,(H3,28,29,30,31,32)/b5-4+. The molecule has 0 aliphatic carbocycles. The number of allylic oxidation sites excluding steroid dienone is 1. The molecule has 0 fully saturated rings. The van der Waals surface area contributed by atoms with Gasteiger partial charge in [0.1, 0.15) is 23.5 Å². The van der Waals surface area contributed by atoms with E-state index in [1.807, 2.05) is 39.0 Å². The highest BCUT2D eigenvalue weighted by Gasteiger charge is 2.17. The average molecular weight is 424 g/mol. The molecule has 3 N–H and O–H groups in total. The van der Waals surface area contributed by atoms with Crippen molar-refractivity contribution in [2.45, 2.75) is 20.8 Å². The van der Waals surface area contributed by atoms with Gasteiger partial charge in [-0.05, 0) is 67.3 Å². The minimum atomic E-state index is -0.409. The summed E-state index contributed by atoms with van der Waals surface area (Å²) in [7, 11) is 0. The maximum absolute atomic E-state index is 14.6. The Balaban J connectivity index is 1.89. The first-order valence-corrected chi connectivity index (χ1v) is 10.0. The third-order valence-electron chi connectivity index (χ3n) is 5.11. The van der Waals surface area contributed by atoms with E-state index in [9.17, 15) is 4.39 Å². The van der Waals surface area contributed by atoms with Crippen molar-refractivity contribution in [3.8, 4) is 17.2 Å². The van der Waals surface area contributed by atoms with E-state index < -0.39 is 5.82 Å². The van der Waals surface area contributed by atoms with Gasteiger partial charge in [-0.3, -0.25) is 0 Å². The Morgan fingerprint density at radius 2 is 1.84 bits per heavy atom. The molecule has 0 atom stereocenters. The minimum Gasteiger partial charge on any atom is -0.383 e. The topological polar surface area (TPSA) is 101 Å². The van der Waals surface area contributed by atoms with Crippen LogP contribution in [0.1, 0.15) is 29.2 Å². The molecule has 4 rings (SSSR count). The van der Waals surface area contributed by atoms with Gasteiger partial charge in [0.05, 0.1) is 11.1 Å². The second-order valence-corrected chi connectivity index (χ2v) is 7.48. The highest BCUT2D eigenvalue weighted by atomic mass is 19.1. The number of anilines is 3. The molecule has 0 amide bonds. The van der Waals surface area contributed by atoms with Crippen LogP contribution >= 0.6 is 0 Å². The molecule has 0 unspecified atom stereocenters. The third-order valence-corrected chi connectivity index (χ3v) is 5.11. The van der Waals surface area contributed by atoms with Crippen molar-refractivity contribution in [3.63, 3.8) is 0 Å². The summed E-state index contributed by atoms with van der Waals surface area (Å²) in [5.74, 6) is 0.455. The van der Waals surface area contributed by atoms with Gasteiger partial charge in [-0.25, -0.2) is 14.4 Å². The molecule has 0 aliphatic rings. The summed E-state index contributed by atoms with van der Waals surface area (Å²) in [5.41, 5.74) is 11.8. The number of nitrogens with one attached hydrogen (secondary N) is 1. The molecule has 4 aromatic rings. The molecule has 7 heteroatoms. The number of nitriles is 1. The first-order valence-electron chi connectivity index (χ1n) is 10.0. The van der Waals surface area contributed by atoms with Crippen LogP contribution in [-0.2, 0) is 0 Å². The fourth-order valence-corrected chi connectivity index (χ4v) is 3.83. The molecule has 0 saturated carbocycles. The number of hydrogen-bond donors (Lipinski definition) is 2. The summed E-state index contributed by atoms with van der Waals surface area (Å²) >= 11 is 0. The molecule has 32 heavy (non-hydrogen) atoms. The smallest absolute Gasteiger partial charge is 0.230 e. The number of benzene rings is 2. The lowest BCUT2D eigenvalue weighted by Crippen LogP contribution is -2.04. The van der Waals surface area contributed by atoms with Crippen LogP contribution in [0.2, 0.25) is 0 Å². The van der Waals surface area contributed by atoms with Crippen molar-refractivity contribution < 1.29 is 4.39 Å². The van der Waals surface area contributed by atoms with Crippen molar-refractivity contribution in [2.24, 2.45) is 0 Å². The van der Waals surface area contributed by atoms with Gasteiger partial charge >= 0.3 is 0 Å². The van der Waals surface area contributed by atoms with E-state index in [-0.39, 0.29) is 11.8 Å². The Bertz CT molecular complexity index is 1380. The van der Waals surface area contributed by atoms with Crippen LogP contribution in [0.25, 0.3) is 28.1 Å². The lowest BCUT2D eigenvalue weighted by atomic mass is 9.92. The monoisotopic (exact) mass is 424 g/mol. The van der Waals surface area contributed by atoms with Crippen LogP contribution in [0.5, 0.6) is 0 Å². The summed E-state index contributed by atoms with van der Waals surface area (Å²) in [5, 5.41) is 12.4. The van der Waals surface area contributed by atoms with Gasteiger partial charge in [0.25, 0.3) is 0 Å². The largest absolute Gasteiger partial charge is 0.383 e. The van der Waals surface area contributed by atoms with Crippen LogP contribution in [0.4, 0.5) is 22.0 Å². The Hall–Kier alpha value is -4.31.